The Kier molecular flexibility index (Phi) is 17.2. The maximum Gasteiger partial charge on any atom is 0.356 e. The quantitative estimate of drug-likeness (QED) is 0.0386. The monoisotopic (exact) mass is 912 g/mol. The van der Waals surface area contributed by atoms with Gasteiger partial charge in [-0.05, 0) is 112 Å². The lowest BCUT2D eigenvalue weighted by Crippen LogP contribution is -2.36. The van der Waals surface area contributed by atoms with E-state index in [0.717, 1.165) is 6.42 Å². The molecule has 1 aliphatic heterocycles. The van der Waals surface area contributed by atoms with E-state index in [1.165, 1.54) is 0 Å². The molecule has 0 amide bonds. The Morgan fingerprint density at radius 2 is 1.00 bits per heavy atom. The zero-order valence-electron chi connectivity index (χ0n) is 38.2. The molecule has 0 saturated carbocycles. The Morgan fingerprint density at radius 1 is 0.582 bits per heavy atom. The summed E-state index contributed by atoms with van der Waals surface area (Å²) in [4.78, 5) is 60.5. The molecular weight excluding hydrogens is 857 g/mol. The lowest BCUT2D eigenvalue weighted by Gasteiger charge is -2.25. The first-order valence-corrected chi connectivity index (χ1v) is 22.7. The molecular formula is C51H56N6O10. The highest BCUT2D eigenvalue weighted by molar-refractivity contribution is 5.90. The van der Waals surface area contributed by atoms with E-state index in [1.807, 2.05) is 36.4 Å². The van der Waals surface area contributed by atoms with Gasteiger partial charge in [-0.1, -0.05) is 5.92 Å². The normalized spacial score (nSPS) is 13.8. The minimum absolute atomic E-state index is 0.129. The van der Waals surface area contributed by atoms with Gasteiger partial charge in [0.05, 0.1) is 49.4 Å². The number of aromatic nitrogens is 3. The lowest BCUT2D eigenvalue weighted by atomic mass is 10.1. The molecule has 1 aliphatic rings. The van der Waals surface area contributed by atoms with E-state index in [2.05, 4.69) is 26.5 Å². The van der Waals surface area contributed by atoms with Gasteiger partial charge in [0, 0.05) is 88.6 Å². The fourth-order valence-corrected chi connectivity index (χ4v) is 7.63. The molecule has 7 rings (SSSR count). The van der Waals surface area contributed by atoms with E-state index >= 15 is 0 Å². The number of carbonyl (C=O) groups is 3. The molecule has 16 nitrogen and oxygen atoms in total. The van der Waals surface area contributed by atoms with Crippen molar-refractivity contribution in [1.82, 2.24) is 29.7 Å². The molecule has 6 aromatic heterocycles. The summed E-state index contributed by atoms with van der Waals surface area (Å²) >= 11 is 0. The first-order valence-electron chi connectivity index (χ1n) is 22.7. The first kappa shape index (κ1) is 48.0. The van der Waals surface area contributed by atoms with Gasteiger partial charge in [-0.25, -0.2) is 29.3 Å². The van der Waals surface area contributed by atoms with E-state index in [1.54, 1.807) is 69.7 Å². The standard InChI is InChI=1S/C51H56N6O10/c1-4-62-49(59)43-30-36(46-14-11-25-65-46)27-39(52-43)33-55-18-19-56(34-40-28-37(47-15-12-26-66-47)31-44(53-40)50(60)63-5-2)21-23-57(22-20-55)35-41-29-38(32-45(54-41)51(61)64-6-3)48-17-16-42(67-48)13-9-7-8-10-24-58/h11-12,14-17,25-32,58H,4-8,10,18-24,33-35H2,1-3H3. The lowest BCUT2D eigenvalue weighted by molar-refractivity contribution is 0.0509. The number of unbranched alkanes of at least 4 members (excludes halogenated alkanes) is 2. The van der Waals surface area contributed by atoms with Crippen LogP contribution in [0.25, 0.3) is 34.0 Å². The molecule has 0 unspecified atom stereocenters. The van der Waals surface area contributed by atoms with Crippen molar-refractivity contribution < 1.29 is 47.0 Å². The maximum absolute atomic E-state index is 13.2. The smallest absolute Gasteiger partial charge is 0.356 e. The number of ether oxygens (including phenoxy) is 3. The SMILES string of the molecule is CCOC(=O)c1cc(-c2ccco2)cc(CN2CCN(Cc3cc(-c4ccco4)cc(C(=O)OCC)n3)CCN(Cc3cc(-c4ccc(C#CCCCCO)o4)cc(C(=O)OCC)n3)CC2)n1. The van der Waals surface area contributed by atoms with E-state index in [9.17, 15) is 14.4 Å². The van der Waals surface area contributed by atoms with Crippen LogP contribution in [0.4, 0.5) is 0 Å². The number of pyridine rings is 3. The van der Waals surface area contributed by atoms with Crippen LogP contribution < -0.4 is 0 Å². The summed E-state index contributed by atoms with van der Waals surface area (Å²) < 4.78 is 33.7. The van der Waals surface area contributed by atoms with E-state index in [-0.39, 0.29) is 43.5 Å². The number of aliphatic hydroxyl groups excluding tert-OH is 1. The van der Waals surface area contributed by atoms with Gasteiger partial charge in [-0.2, -0.15) is 0 Å². The molecule has 0 spiro atoms. The second kappa shape index (κ2) is 24.0. The molecule has 1 saturated heterocycles. The third-order valence-electron chi connectivity index (χ3n) is 10.9. The number of hydrogen-bond donors (Lipinski definition) is 1. The Labute approximate surface area is 389 Å². The van der Waals surface area contributed by atoms with Gasteiger partial charge < -0.3 is 32.6 Å². The highest BCUT2D eigenvalue weighted by atomic mass is 16.5. The summed E-state index contributed by atoms with van der Waals surface area (Å²) in [7, 11) is 0. The molecule has 0 aromatic carbocycles. The minimum Gasteiger partial charge on any atom is -0.464 e. The molecule has 350 valence electrons. The Hall–Kier alpha value is -6.90. The van der Waals surface area contributed by atoms with Crippen LogP contribution in [-0.4, -0.2) is 118 Å². The van der Waals surface area contributed by atoms with Gasteiger partial charge in [0.1, 0.15) is 34.4 Å². The number of furan rings is 3. The van der Waals surface area contributed by atoms with Crippen molar-refractivity contribution in [2.45, 2.75) is 59.7 Å². The van der Waals surface area contributed by atoms with Crippen LogP contribution in [0.5, 0.6) is 0 Å². The summed E-state index contributed by atoms with van der Waals surface area (Å²) in [6, 6.07) is 21.7. The van der Waals surface area contributed by atoms with Crippen molar-refractivity contribution >= 4 is 17.9 Å². The predicted octanol–water partition coefficient (Wildman–Crippen LogP) is 7.52. The number of hydrogen-bond acceptors (Lipinski definition) is 16. The van der Waals surface area contributed by atoms with Crippen molar-refractivity contribution in [3.8, 4) is 45.8 Å². The van der Waals surface area contributed by atoms with Crippen LogP contribution in [-0.2, 0) is 33.8 Å². The van der Waals surface area contributed by atoms with Crippen LogP contribution in [0.15, 0.2) is 98.6 Å². The molecule has 7 heterocycles. The summed E-state index contributed by atoms with van der Waals surface area (Å²) in [5, 5.41) is 9.10. The van der Waals surface area contributed by atoms with Gasteiger partial charge in [-0.15, -0.1) is 0 Å². The third-order valence-corrected chi connectivity index (χ3v) is 10.9. The third kappa shape index (κ3) is 13.6. The fourth-order valence-electron chi connectivity index (χ4n) is 7.63. The van der Waals surface area contributed by atoms with Gasteiger partial charge in [0.2, 0.25) is 0 Å². The molecule has 0 radical (unpaired) electrons. The zero-order chi connectivity index (χ0) is 47.0. The van der Waals surface area contributed by atoms with Crippen molar-refractivity contribution in [2.24, 2.45) is 0 Å². The van der Waals surface area contributed by atoms with Crippen molar-refractivity contribution in [3.05, 3.63) is 125 Å². The topological polar surface area (TPSA) is 187 Å². The first-order chi connectivity index (χ1) is 32.7. The second-order valence-corrected chi connectivity index (χ2v) is 15.8. The van der Waals surface area contributed by atoms with Crippen LogP contribution >= 0.6 is 0 Å². The van der Waals surface area contributed by atoms with Crippen molar-refractivity contribution in [2.75, 3.05) is 65.7 Å². The van der Waals surface area contributed by atoms with Crippen LogP contribution in [0.3, 0.4) is 0 Å². The summed E-state index contributed by atoms with van der Waals surface area (Å²) in [6.07, 6.45) is 5.29. The van der Waals surface area contributed by atoms with Crippen LogP contribution in [0.2, 0.25) is 0 Å². The van der Waals surface area contributed by atoms with E-state index in [0.29, 0.717) is 129 Å². The maximum atomic E-state index is 13.2. The highest BCUT2D eigenvalue weighted by Gasteiger charge is 2.23. The van der Waals surface area contributed by atoms with Crippen molar-refractivity contribution in [3.63, 3.8) is 0 Å². The molecule has 16 heteroatoms. The Morgan fingerprint density at radius 3 is 1.37 bits per heavy atom. The summed E-state index contributed by atoms with van der Waals surface area (Å²) in [5.41, 5.74) is 4.61. The average Bonchev–Trinajstić information content (AvgIpc) is 4.16. The molecule has 1 fully saturated rings. The van der Waals surface area contributed by atoms with E-state index in [4.69, 9.17) is 47.5 Å². The van der Waals surface area contributed by atoms with Gasteiger partial charge in [0.15, 0.2) is 5.76 Å². The second-order valence-electron chi connectivity index (χ2n) is 15.8. The fraction of sp³-hybridized carbons (Fsp3) is 0.373. The average molecular weight is 913 g/mol. The minimum atomic E-state index is -0.541. The predicted molar refractivity (Wildman–Crippen MR) is 247 cm³/mol. The molecule has 67 heavy (non-hydrogen) atoms. The van der Waals surface area contributed by atoms with Gasteiger partial charge in [0.25, 0.3) is 0 Å². The molecule has 0 atom stereocenters. The molecule has 6 aromatic rings. The van der Waals surface area contributed by atoms with Crippen LogP contribution in [0.1, 0.15) is 94.3 Å². The zero-order valence-corrected chi connectivity index (χ0v) is 38.2. The highest BCUT2D eigenvalue weighted by Crippen LogP contribution is 2.27. The number of carbonyl (C=O) groups excluding carboxylic acids is 3. The van der Waals surface area contributed by atoms with Crippen LogP contribution in [0, 0.1) is 11.8 Å². The molecule has 0 bridgehead atoms. The summed E-state index contributed by atoms with van der Waals surface area (Å²) in [6.45, 7) is 11.0. The number of aliphatic hydroxyl groups is 1. The molecule has 1 N–H and O–H groups in total. The summed E-state index contributed by atoms with van der Waals surface area (Å²) in [5.74, 6) is 6.81. The molecule has 0 aliphatic carbocycles. The number of rotatable bonds is 18. The number of nitrogens with zero attached hydrogens (tertiary/aromatic N) is 6. The van der Waals surface area contributed by atoms with Gasteiger partial charge >= 0.3 is 17.9 Å². The van der Waals surface area contributed by atoms with E-state index < -0.39 is 17.9 Å². The Balaban J connectivity index is 1.20. The number of esters is 3. The van der Waals surface area contributed by atoms with Gasteiger partial charge in [-0.3, -0.25) is 14.7 Å². The largest absolute Gasteiger partial charge is 0.464 e. The Bertz CT molecular complexity index is 2520. The van der Waals surface area contributed by atoms with Crippen molar-refractivity contribution in [1.29, 1.82) is 0 Å².